The van der Waals surface area contributed by atoms with Crippen LogP contribution in [-0.4, -0.2) is 18.8 Å². The van der Waals surface area contributed by atoms with Crippen LogP contribution >= 0.6 is 15.9 Å². The minimum absolute atomic E-state index is 0.105. The van der Waals surface area contributed by atoms with Crippen molar-refractivity contribution in [1.82, 2.24) is 0 Å². The lowest BCUT2D eigenvalue weighted by Gasteiger charge is -2.10. The standard InChI is InChI=1S/C11H14BrNO2/c1-7(3-4-13)8-5-10(14)11(15-2)6-9(8)12/h5-6,14H,1,3-4,13H2,2H3. The number of rotatable bonds is 4. The molecule has 0 aliphatic carbocycles. The zero-order chi connectivity index (χ0) is 11.4. The van der Waals surface area contributed by atoms with Crippen LogP contribution in [0.5, 0.6) is 11.5 Å². The van der Waals surface area contributed by atoms with Gasteiger partial charge in [0, 0.05) is 4.47 Å². The molecule has 3 N–H and O–H groups in total. The Morgan fingerprint density at radius 2 is 2.27 bits per heavy atom. The van der Waals surface area contributed by atoms with Gasteiger partial charge in [-0.1, -0.05) is 22.5 Å². The first-order valence-corrected chi connectivity index (χ1v) is 5.34. The van der Waals surface area contributed by atoms with E-state index in [0.717, 1.165) is 15.6 Å². The fourth-order valence-electron chi connectivity index (χ4n) is 1.29. The van der Waals surface area contributed by atoms with Crippen LogP contribution in [0.15, 0.2) is 23.2 Å². The van der Waals surface area contributed by atoms with Crippen molar-refractivity contribution >= 4 is 21.5 Å². The van der Waals surface area contributed by atoms with Gasteiger partial charge in [-0.25, -0.2) is 0 Å². The van der Waals surface area contributed by atoms with Gasteiger partial charge in [-0.2, -0.15) is 0 Å². The molecule has 0 unspecified atom stereocenters. The largest absolute Gasteiger partial charge is 0.504 e. The lowest BCUT2D eigenvalue weighted by atomic mass is 10.0. The third kappa shape index (κ3) is 2.73. The summed E-state index contributed by atoms with van der Waals surface area (Å²) in [6.45, 7) is 4.45. The van der Waals surface area contributed by atoms with Crippen LogP contribution in [0.1, 0.15) is 12.0 Å². The smallest absolute Gasteiger partial charge is 0.161 e. The molecule has 1 aromatic rings. The summed E-state index contributed by atoms with van der Waals surface area (Å²) in [5.41, 5.74) is 7.20. The van der Waals surface area contributed by atoms with E-state index in [1.54, 1.807) is 12.1 Å². The van der Waals surface area contributed by atoms with Crippen LogP contribution in [0, 0.1) is 0 Å². The second kappa shape index (κ2) is 5.19. The Balaban J connectivity index is 3.10. The van der Waals surface area contributed by atoms with Crippen LogP contribution in [0.4, 0.5) is 0 Å². The van der Waals surface area contributed by atoms with E-state index in [4.69, 9.17) is 10.5 Å². The molecule has 3 nitrogen and oxygen atoms in total. The number of methoxy groups -OCH3 is 1. The van der Waals surface area contributed by atoms with Crippen LogP contribution < -0.4 is 10.5 Å². The Bertz CT molecular complexity index is 377. The lowest BCUT2D eigenvalue weighted by Crippen LogP contribution is -1.99. The fraction of sp³-hybridized carbons (Fsp3) is 0.273. The quantitative estimate of drug-likeness (QED) is 0.885. The molecule has 0 bridgehead atoms. The van der Waals surface area contributed by atoms with Crippen molar-refractivity contribution in [3.63, 3.8) is 0 Å². The molecule has 0 saturated heterocycles. The molecule has 0 fully saturated rings. The topological polar surface area (TPSA) is 55.5 Å². The molecule has 0 heterocycles. The molecule has 0 amide bonds. The Hall–Kier alpha value is -1.00. The van der Waals surface area contributed by atoms with Crippen LogP contribution in [-0.2, 0) is 0 Å². The number of halogens is 1. The third-order valence-electron chi connectivity index (χ3n) is 2.10. The monoisotopic (exact) mass is 271 g/mol. The number of aromatic hydroxyl groups is 1. The van der Waals surface area contributed by atoms with Gasteiger partial charge in [0.1, 0.15) is 0 Å². The van der Waals surface area contributed by atoms with Crippen LogP contribution in [0.3, 0.4) is 0 Å². The molecular formula is C11H14BrNO2. The third-order valence-corrected chi connectivity index (χ3v) is 2.75. The summed E-state index contributed by atoms with van der Waals surface area (Å²) in [5.74, 6) is 0.542. The zero-order valence-corrected chi connectivity index (χ0v) is 10.2. The highest BCUT2D eigenvalue weighted by Gasteiger charge is 2.09. The SMILES string of the molecule is C=C(CCN)c1cc(O)c(OC)cc1Br. The van der Waals surface area contributed by atoms with Gasteiger partial charge in [-0.15, -0.1) is 0 Å². The maximum absolute atomic E-state index is 9.61. The average molecular weight is 272 g/mol. The van der Waals surface area contributed by atoms with E-state index in [2.05, 4.69) is 22.5 Å². The maximum Gasteiger partial charge on any atom is 0.161 e. The Morgan fingerprint density at radius 1 is 1.60 bits per heavy atom. The summed E-state index contributed by atoms with van der Waals surface area (Å²) in [6, 6.07) is 3.34. The van der Waals surface area contributed by atoms with Crippen molar-refractivity contribution < 1.29 is 9.84 Å². The molecule has 15 heavy (non-hydrogen) atoms. The van der Waals surface area contributed by atoms with E-state index in [0.29, 0.717) is 18.7 Å². The molecule has 0 saturated carbocycles. The van der Waals surface area contributed by atoms with Crippen molar-refractivity contribution in [3.8, 4) is 11.5 Å². The zero-order valence-electron chi connectivity index (χ0n) is 8.59. The molecule has 0 aromatic heterocycles. The van der Waals surface area contributed by atoms with Gasteiger partial charge >= 0.3 is 0 Å². The number of nitrogens with two attached hydrogens (primary N) is 1. The molecule has 82 valence electrons. The van der Waals surface area contributed by atoms with E-state index in [1.807, 2.05) is 0 Å². The van der Waals surface area contributed by atoms with Crippen molar-refractivity contribution in [2.75, 3.05) is 13.7 Å². The predicted octanol–water partition coefficient (Wildman–Crippen LogP) is 2.53. The summed E-state index contributed by atoms with van der Waals surface area (Å²) in [4.78, 5) is 0. The second-order valence-corrected chi connectivity index (χ2v) is 4.00. The van der Waals surface area contributed by atoms with Gasteiger partial charge in [0.05, 0.1) is 7.11 Å². The van der Waals surface area contributed by atoms with Crippen LogP contribution in [0.2, 0.25) is 0 Å². The van der Waals surface area contributed by atoms with Crippen molar-refractivity contribution in [2.45, 2.75) is 6.42 Å². The molecule has 0 atom stereocenters. The summed E-state index contributed by atoms with van der Waals surface area (Å²) < 4.78 is 5.83. The van der Waals surface area contributed by atoms with E-state index in [-0.39, 0.29) is 5.75 Å². The number of hydrogen-bond acceptors (Lipinski definition) is 3. The van der Waals surface area contributed by atoms with Gasteiger partial charge in [0.15, 0.2) is 11.5 Å². The number of hydrogen-bond donors (Lipinski definition) is 2. The fourth-order valence-corrected chi connectivity index (χ4v) is 1.89. The number of phenolic OH excluding ortho intramolecular Hbond substituents is 1. The molecule has 0 spiro atoms. The normalized spacial score (nSPS) is 10.1. The minimum Gasteiger partial charge on any atom is -0.504 e. The molecule has 1 rings (SSSR count). The summed E-state index contributed by atoms with van der Waals surface area (Å²) in [7, 11) is 1.51. The molecular weight excluding hydrogens is 258 g/mol. The second-order valence-electron chi connectivity index (χ2n) is 3.15. The van der Waals surface area contributed by atoms with E-state index >= 15 is 0 Å². The van der Waals surface area contributed by atoms with Gasteiger partial charge in [0.2, 0.25) is 0 Å². The lowest BCUT2D eigenvalue weighted by molar-refractivity contribution is 0.373. The first kappa shape index (κ1) is 12.1. The molecule has 1 aromatic carbocycles. The van der Waals surface area contributed by atoms with Gasteiger partial charge in [-0.3, -0.25) is 0 Å². The van der Waals surface area contributed by atoms with Crippen molar-refractivity contribution in [3.05, 3.63) is 28.7 Å². The molecule has 0 aliphatic rings. The van der Waals surface area contributed by atoms with Gasteiger partial charge in [-0.05, 0) is 36.2 Å². The molecule has 0 radical (unpaired) electrons. The van der Waals surface area contributed by atoms with Crippen molar-refractivity contribution in [1.29, 1.82) is 0 Å². The molecule has 0 aliphatic heterocycles. The first-order chi connectivity index (χ1) is 7.10. The summed E-state index contributed by atoms with van der Waals surface area (Å²) >= 11 is 3.40. The number of phenols is 1. The van der Waals surface area contributed by atoms with Crippen molar-refractivity contribution in [2.24, 2.45) is 5.73 Å². The number of benzene rings is 1. The Labute approximate surface area is 97.7 Å². The number of ether oxygens (including phenoxy) is 1. The summed E-state index contributed by atoms with van der Waals surface area (Å²) in [6.07, 6.45) is 0.699. The highest BCUT2D eigenvalue weighted by molar-refractivity contribution is 9.10. The maximum atomic E-state index is 9.61. The van der Waals surface area contributed by atoms with E-state index < -0.39 is 0 Å². The summed E-state index contributed by atoms with van der Waals surface area (Å²) in [5, 5.41) is 9.61. The Morgan fingerprint density at radius 3 is 2.80 bits per heavy atom. The molecule has 4 heteroatoms. The van der Waals surface area contributed by atoms with Gasteiger partial charge in [0.25, 0.3) is 0 Å². The van der Waals surface area contributed by atoms with E-state index in [9.17, 15) is 5.11 Å². The minimum atomic E-state index is 0.105. The highest BCUT2D eigenvalue weighted by Crippen LogP contribution is 2.35. The van der Waals surface area contributed by atoms with Crippen LogP contribution in [0.25, 0.3) is 5.57 Å². The Kier molecular flexibility index (Phi) is 4.17. The predicted molar refractivity (Wildman–Crippen MR) is 65.1 cm³/mol. The average Bonchev–Trinajstić information content (AvgIpc) is 2.21. The highest BCUT2D eigenvalue weighted by atomic mass is 79.9. The first-order valence-electron chi connectivity index (χ1n) is 4.55. The van der Waals surface area contributed by atoms with Gasteiger partial charge < -0.3 is 15.6 Å². The van der Waals surface area contributed by atoms with E-state index in [1.165, 1.54) is 7.11 Å².